The van der Waals surface area contributed by atoms with E-state index in [-0.39, 0.29) is 16.6 Å². The van der Waals surface area contributed by atoms with Gasteiger partial charge in [0, 0.05) is 25.3 Å². The fraction of sp³-hybridized carbons (Fsp3) is 0.438. The van der Waals surface area contributed by atoms with Crippen LogP contribution in [0.4, 0.5) is 5.69 Å². The van der Waals surface area contributed by atoms with Crippen LogP contribution in [-0.2, 0) is 21.4 Å². The molecule has 0 unspecified atom stereocenters. The lowest BCUT2D eigenvalue weighted by molar-refractivity contribution is -0.113. The maximum Gasteiger partial charge on any atom is 0.243 e. The second kappa shape index (κ2) is 9.15. The van der Waals surface area contributed by atoms with Gasteiger partial charge in [-0.25, -0.2) is 8.42 Å². The number of nitrogens with one attached hydrogen (secondary N) is 1. The molecule has 0 aliphatic heterocycles. The molecule has 0 aliphatic rings. The summed E-state index contributed by atoms with van der Waals surface area (Å²) in [5, 5.41) is 11.2. The molecule has 142 valence electrons. The van der Waals surface area contributed by atoms with Crippen LogP contribution in [0.15, 0.2) is 40.6 Å². The smallest absolute Gasteiger partial charge is 0.243 e. The molecule has 0 aliphatic carbocycles. The van der Waals surface area contributed by atoms with Crippen LogP contribution in [0.25, 0.3) is 0 Å². The van der Waals surface area contributed by atoms with Crippen LogP contribution in [-0.4, -0.2) is 52.2 Å². The first-order valence-corrected chi connectivity index (χ1v) is 10.8. The Morgan fingerprint density at radius 3 is 2.65 bits per heavy atom. The molecule has 1 N–H and O–H groups in total. The number of carbonyl (C=O) groups excluding carboxylic acids is 1. The fourth-order valence-electron chi connectivity index (χ4n) is 2.35. The molecular formula is C16H23N5O3S2. The van der Waals surface area contributed by atoms with E-state index in [9.17, 15) is 13.2 Å². The Morgan fingerprint density at radius 1 is 1.27 bits per heavy atom. The summed E-state index contributed by atoms with van der Waals surface area (Å²) in [7, 11) is -3.56. The lowest BCUT2D eigenvalue weighted by Crippen LogP contribution is -2.30. The molecule has 0 atom stereocenters. The van der Waals surface area contributed by atoms with E-state index in [2.05, 4.69) is 15.5 Å². The van der Waals surface area contributed by atoms with Crippen molar-refractivity contribution < 1.29 is 13.2 Å². The van der Waals surface area contributed by atoms with Crippen molar-refractivity contribution in [3.8, 4) is 0 Å². The Balaban J connectivity index is 2.05. The summed E-state index contributed by atoms with van der Waals surface area (Å²) in [6, 6.07) is 6.29. The number of aromatic nitrogens is 3. The first kappa shape index (κ1) is 20.4. The number of hydrogen-bond donors (Lipinski definition) is 1. The van der Waals surface area contributed by atoms with E-state index < -0.39 is 10.0 Å². The number of benzene rings is 1. The highest BCUT2D eigenvalue weighted by Gasteiger charge is 2.21. The predicted molar refractivity (Wildman–Crippen MR) is 102 cm³/mol. The number of sulfonamides is 1. The van der Waals surface area contributed by atoms with E-state index in [1.807, 2.05) is 11.5 Å². The average Bonchev–Trinajstić information content (AvgIpc) is 3.08. The lowest BCUT2D eigenvalue weighted by atomic mass is 10.3. The zero-order valence-corrected chi connectivity index (χ0v) is 16.7. The zero-order valence-electron chi connectivity index (χ0n) is 15.0. The minimum absolute atomic E-state index is 0.158. The van der Waals surface area contributed by atoms with Gasteiger partial charge < -0.3 is 9.88 Å². The predicted octanol–water partition coefficient (Wildman–Crippen LogP) is 2.06. The summed E-state index contributed by atoms with van der Waals surface area (Å²) in [6.45, 7) is 7.06. The number of carbonyl (C=O) groups is 1. The molecule has 0 bridgehead atoms. The molecule has 10 heteroatoms. The molecule has 2 aromatic rings. The van der Waals surface area contributed by atoms with Crippen LogP contribution >= 0.6 is 11.8 Å². The Labute approximate surface area is 158 Å². The van der Waals surface area contributed by atoms with Crippen molar-refractivity contribution in [3.05, 3.63) is 30.6 Å². The van der Waals surface area contributed by atoms with Gasteiger partial charge in [-0.05, 0) is 25.1 Å². The molecule has 1 heterocycles. The Kier molecular flexibility index (Phi) is 7.18. The van der Waals surface area contributed by atoms with Gasteiger partial charge in [0.2, 0.25) is 15.9 Å². The summed E-state index contributed by atoms with van der Waals surface area (Å²) in [5.41, 5.74) is 0.445. The van der Waals surface area contributed by atoms with Crippen LogP contribution in [0, 0.1) is 0 Å². The van der Waals surface area contributed by atoms with Crippen LogP contribution in [0.3, 0.4) is 0 Å². The zero-order chi connectivity index (χ0) is 19.2. The van der Waals surface area contributed by atoms with Gasteiger partial charge in [-0.3, -0.25) is 4.79 Å². The maximum atomic E-state index is 12.6. The molecule has 1 aromatic carbocycles. The molecular weight excluding hydrogens is 374 g/mol. The third-order valence-corrected chi connectivity index (χ3v) is 6.74. The largest absolute Gasteiger partial charge is 0.325 e. The topological polar surface area (TPSA) is 97.2 Å². The second-order valence-corrected chi connectivity index (χ2v) is 8.23. The Morgan fingerprint density at radius 2 is 2.00 bits per heavy atom. The number of amides is 1. The van der Waals surface area contributed by atoms with Gasteiger partial charge >= 0.3 is 0 Å². The molecule has 0 spiro atoms. The summed E-state index contributed by atoms with van der Waals surface area (Å²) < 4.78 is 28.4. The van der Waals surface area contributed by atoms with E-state index in [0.29, 0.717) is 23.9 Å². The van der Waals surface area contributed by atoms with Crippen LogP contribution in [0.1, 0.15) is 20.8 Å². The van der Waals surface area contributed by atoms with Crippen molar-refractivity contribution in [3.63, 3.8) is 0 Å². The highest BCUT2D eigenvalue weighted by molar-refractivity contribution is 7.99. The number of nitrogens with zero attached hydrogens (tertiary/aromatic N) is 4. The lowest BCUT2D eigenvalue weighted by Gasteiger charge is -2.18. The van der Waals surface area contributed by atoms with E-state index in [1.54, 1.807) is 32.3 Å². The number of hydrogen-bond acceptors (Lipinski definition) is 6. The standard InChI is InChI=1S/C16H23N5O3S2/c1-4-20-12-17-19-16(20)25-11-15(22)18-13-8-7-9-14(10-13)26(23,24)21(5-2)6-3/h7-10,12H,4-6,11H2,1-3H3,(H,18,22). The Bertz CT molecular complexity index is 847. The molecule has 0 radical (unpaired) electrons. The van der Waals surface area contributed by atoms with E-state index >= 15 is 0 Å². The SMILES string of the molecule is CCN(CC)S(=O)(=O)c1cccc(NC(=O)CSc2nncn2CC)c1. The van der Waals surface area contributed by atoms with E-state index in [0.717, 1.165) is 6.54 Å². The van der Waals surface area contributed by atoms with Gasteiger partial charge in [0.05, 0.1) is 10.6 Å². The molecule has 0 saturated carbocycles. The molecule has 2 rings (SSSR count). The Hall–Kier alpha value is -1.91. The molecule has 1 amide bonds. The number of rotatable bonds is 9. The normalized spacial score (nSPS) is 11.7. The van der Waals surface area contributed by atoms with Gasteiger partial charge in [0.1, 0.15) is 6.33 Å². The maximum absolute atomic E-state index is 12.6. The number of anilines is 1. The monoisotopic (exact) mass is 397 g/mol. The summed E-state index contributed by atoms with van der Waals surface area (Å²) in [4.78, 5) is 12.3. The van der Waals surface area contributed by atoms with Gasteiger partial charge in [-0.1, -0.05) is 31.7 Å². The van der Waals surface area contributed by atoms with Gasteiger partial charge in [-0.15, -0.1) is 10.2 Å². The number of thioether (sulfide) groups is 1. The van der Waals surface area contributed by atoms with Crippen LogP contribution < -0.4 is 5.32 Å². The summed E-state index contributed by atoms with van der Waals surface area (Å²) >= 11 is 1.28. The number of aryl methyl sites for hydroxylation is 1. The molecule has 26 heavy (non-hydrogen) atoms. The van der Waals surface area contributed by atoms with Gasteiger partial charge in [-0.2, -0.15) is 4.31 Å². The molecule has 0 fully saturated rings. The highest BCUT2D eigenvalue weighted by Crippen LogP contribution is 2.20. The van der Waals surface area contributed by atoms with E-state index in [4.69, 9.17) is 0 Å². The van der Waals surface area contributed by atoms with Gasteiger partial charge in [0.25, 0.3) is 0 Å². The summed E-state index contributed by atoms with van der Waals surface area (Å²) in [6.07, 6.45) is 1.61. The third-order valence-electron chi connectivity index (χ3n) is 3.71. The van der Waals surface area contributed by atoms with Gasteiger partial charge in [0.15, 0.2) is 5.16 Å². The first-order chi connectivity index (χ1) is 12.4. The molecule has 8 nitrogen and oxygen atoms in total. The van der Waals surface area contributed by atoms with Crippen molar-refractivity contribution in [1.82, 2.24) is 19.1 Å². The quantitative estimate of drug-likeness (QED) is 0.651. The first-order valence-electron chi connectivity index (χ1n) is 8.33. The van der Waals surface area contributed by atoms with Crippen molar-refractivity contribution in [2.45, 2.75) is 37.4 Å². The third kappa shape index (κ3) is 4.83. The van der Waals surface area contributed by atoms with E-state index in [1.165, 1.54) is 28.2 Å². The fourth-order valence-corrected chi connectivity index (χ4v) is 4.63. The second-order valence-electron chi connectivity index (χ2n) is 5.35. The van der Waals surface area contributed by atoms with Crippen molar-refractivity contribution in [2.75, 3.05) is 24.2 Å². The minimum Gasteiger partial charge on any atom is -0.325 e. The molecule has 0 saturated heterocycles. The molecule has 1 aromatic heterocycles. The van der Waals surface area contributed by atoms with Crippen LogP contribution in [0.5, 0.6) is 0 Å². The summed E-state index contributed by atoms with van der Waals surface area (Å²) in [5.74, 6) is -0.0795. The minimum atomic E-state index is -3.56. The van der Waals surface area contributed by atoms with Crippen LogP contribution in [0.2, 0.25) is 0 Å². The highest BCUT2D eigenvalue weighted by atomic mass is 32.2. The van der Waals surface area contributed by atoms with Crippen molar-refractivity contribution in [2.24, 2.45) is 0 Å². The van der Waals surface area contributed by atoms with Crippen molar-refractivity contribution >= 4 is 33.4 Å². The van der Waals surface area contributed by atoms with Crippen molar-refractivity contribution in [1.29, 1.82) is 0 Å². The average molecular weight is 398 g/mol.